The fourth-order valence-electron chi connectivity index (χ4n) is 2.77. The number of hydrogen-bond donors (Lipinski definition) is 0. The third-order valence-electron chi connectivity index (χ3n) is 3.57. The van der Waals surface area contributed by atoms with Gasteiger partial charge in [-0.15, -0.1) is 12.3 Å². The standard InChI is InChI=1S/C12H16/c1-2-11-7-3-4-8-12(11)9-5-6-10-12/h1,5-6,11H,3-4,7-10H2. The summed E-state index contributed by atoms with van der Waals surface area (Å²) in [7, 11) is 0. The van der Waals surface area contributed by atoms with E-state index in [-0.39, 0.29) is 0 Å². The van der Waals surface area contributed by atoms with Crippen LogP contribution in [0.3, 0.4) is 0 Å². The Morgan fingerprint density at radius 2 is 2.00 bits per heavy atom. The molecule has 2 aliphatic carbocycles. The Bertz CT molecular complexity index is 221. The van der Waals surface area contributed by atoms with Crippen LogP contribution >= 0.6 is 0 Å². The van der Waals surface area contributed by atoms with Gasteiger partial charge < -0.3 is 0 Å². The maximum atomic E-state index is 5.58. The SMILES string of the molecule is C#CC1CCCCC12CC=CC2. The van der Waals surface area contributed by atoms with E-state index < -0.39 is 0 Å². The van der Waals surface area contributed by atoms with E-state index in [1.54, 1.807) is 0 Å². The number of hydrogen-bond acceptors (Lipinski definition) is 0. The first kappa shape index (κ1) is 7.92. The molecule has 0 heterocycles. The molecule has 64 valence electrons. The highest BCUT2D eigenvalue weighted by Crippen LogP contribution is 2.49. The van der Waals surface area contributed by atoms with Crippen LogP contribution in [0.4, 0.5) is 0 Å². The van der Waals surface area contributed by atoms with Gasteiger partial charge in [-0.3, -0.25) is 0 Å². The monoisotopic (exact) mass is 160 g/mol. The number of allylic oxidation sites excluding steroid dienone is 2. The van der Waals surface area contributed by atoms with Crippen LogP contribution in [-0.4, -0.2) is 0 Å². The lowest BCUT2D eigenvalue weighted by molar-refractivity contribution is 0.151. The van der Waals surface area contributed by atoms with Gasteiger partial charge in [0.25, 0.3) is 0 Å². The quantitative estimate of drug-likeness (QED) is 0.377. The molecule has 0 heteroatoms. The van der Waals surface area contributed by atoms with E-state index in [9.17, 15) is 0 Å². The Morgan fingerprint density at radius 1 is 1.25 bits per heavy atom. The number of rotatable bonds is 0. The van der Waals surface area contributed by atoms with E-state index in [1.807, 2.05) is 0 Å². The van der Waals surface area contributed by atoms with Crippen LogP contribution in [0.25, 0.3) is 0 Å². The maximum Gasteiger partial charge on any atom is 0.0262 e. The van der Waals surface area contributed by atoms with Crippen molar-refractivity contribution in [2.24, 2.45) is 11.3 Å². The highest BCUT2D eigenvalue weighted by atomic mass is 14.4. The van der Waals surface area contributed by atoms with E-state index >= 15 is 0 Å². The highest BCUT2D eigenvalue weighted by Gasteiger charge is 2.39. The molecule has 0 N–H and O–H groups in total. The first-order chi connectivity index (χ1) is 5.87. The van der Waals surface area contributed by atoms with E-state index in [0.29, 0.717) is 11.3 Å². The Hall–Kier alpha value is -0.700. The summed E-state index contributed by atoms with van der Waals surface area (Å²) in [5, 5.41) is 0. The van der Waals surface area contributed by atoms with Gasteiger partial charge in [0, 0.05) is 5.92 Å². The molecule has 0 aromatic rings. The molecule has 1 atom stereocenters. The van der Waals surface area contributed by atoms with Gasteiger partial charge in [-0.25, -0.2) is 0 Å². The van der Waals surface area contributed by atoms with Crippen molar-refractivity contribution in [2.75, 3.05) is 0 Å². The normalized spacial score (nSPS) is 32.1. The highest BCUT2D eigenvalue weighted by molar-refractivity contribution is 5.13. The molecule has 1 saturated carbocycles. The molecule has 1 unspecified atom stereocenters. The predicted molar refractivity (Wildman–Crippen MR) is 51.6 cm³/mol. The summed E-state index contributed by atoms with van der Waals surface area (Å²) < 4.78 is 0. The van der Waals surface area contributed by atoms with E-state index in [2.05, 4.69) is 18.1 Å². The van der Waals surface area contributed by atoms with E-state index in [4.69, 9.17) is 6.42 Å². The summed E-state index contributed by atoms with van der Waals surface area (Å²) >= 11 is 0. The molecule has 0 bridgehead atoms. The van der Waals surface area contributed by atoms with Crippen LogP contribution in [0, 0.1) is 23.7 Å². The van der Waals surface area contributed by atoms with E-state index in [0.717, 1.165) is 0 Å². The summed E-state index contributed by atoms with van der Waals surface area (Å²) in [6.07, 6.45) is 18.0. The molecule has 12 heavy (non-hydrogen) atoms. The Balaban J connectivity index is 2.15. The molecule has 1 spiro atoms. The van der Waals surface area contributed by atoms with Crippen LogP contribution in [0.5, 0.6) is 0 Å². The van der Waals surface area contributed by atoms with Crippen LogP contribution < -0.4 is 0 Å². The van der Waals surface area contributed by atoms with Gasteiger partial charge in [-0.05, 0) is 31.1 Å². The predicted octanol–water partition coefficient (Wildman–Crippen LogP) is 3.15. The summed E-state index contributed by atoms with van der Waals surface area (Å²) in [5.41, 5.74) is 0.493. The fraction of sp³-hybridized carbons (Fsp3) is 0.667. The van der Waals surface area contributed by atoms with Gasteiger partial charge in [-0.2, -0.15) is 0 Å². The molecule has 0 amide bonds. The summed E-state index contributed by atoms with van der Waals surface area (Å²) in [4.78, 5) is 0. The Morgan fingerprint density at radius 3 is 2.67 bits per heavy atom. The van der Waals surface area contributed by atoms with Crippen molar-refractivity contribution >= 4 is 0 Å². The van der Waals surface area contributed by atoms with Gasteiger partial charge >= 0.3 is 0 Å². The molecule has 0 saturated heterocycles. The molecule has 2 aliphatic rings. The van der Waals surface area contributed by atoms with Crippen LogP contribution in [0.1, 0.15) is 38.5 Å². The molecule has 2 rings (SSSR count). The van der Waals surface area contributed by atoms with Crippen LogP contribution in [0.15, 0.2) is 12.2 Å². The maximum absolute atomic E-state index is 5.58. The van der Waals surface area contributed by atoms with Gasteiger partial charge in [0.2, 0.25) is 0 Å². The van der Waals surface area contributed by atoms with Crippen molar-refractivity contribution in [3.05, 3.63) is 12.2 Å². The molecule has 0 nitrogen and oxygen atoms in total. The average Bonchev–Trinajstić information content (AvgIpc) is 2.55. The van der Waals surface area contributed by atoms with Gasteiger partial charge in [-0.1, -0.05) is 25.0 Å². The van der Waals surface area contributed by atoms with Gasteiger partial charge in [0.15, 0.2) is 0 Å². The van der Waals surface area contributed by atoms with Gasteiger partial charge in [0.1, 0.15) is 0 Å². The van der Waals surface area contributed by atoms with Crippen molar-refractivity contribution < 1.29 is 0 Å². The van der Waals surface area contributed by atoms with Crippen molar-refractivity contribution in [1.29, 1.82) is 0 Å². The molecule has 0 aliphatic heterocycles. The van der Waals surface area contributed by atoms with Crippen molar-refractivity contribution in [3.63, 3.8) is 0 Å². The molecular weight excluding hydrogens is 144 g/mol. The topological polar surface area (TPSA) is 0 Å². The minimum absolute atomic E-state index is 0.493. The third kappa shape index (κ3) is 1.08. The molecule has 0 radical (unpaired) electrons. The zero-order valence-electron chi connectivity index (χ0n) is 7.55. The van der Waals surface area contributed by atoms with Crippen molar-refractivity contribution in [1.82, 2.24) is 0 Å². The largest absolute Gasteiger partial charge is 0.120 e. The lowest BCUT2D eigenvalue weighted by atomic mass is 9.65. The molecule has 0 aromatic carbocycles. The molecule has 1 fully saturated rings. The zero-order valence-corrected chi connectivity index (χ0v) is 7.55. The third-order valence-corrected chi connectivity index (χ3v) is 3.57. The zero-order chi connectivity index (χ0) is 8.44. The summed E-state index contributed by atoms with van der Waals surface area (Å²) in [5.74, 6) is 3.55. The second-order valence-electron chi connectivity index (χ2n) is 4.21. The summed E-state index contributed by atoms with van der Waals surface area (Å²) in [6.45, 7) is 0. The van der Waals surface area contributed by atoms with Crippen molar-refractivity contribution in [3.8, 4) is 12.3 Å². The molecule has 0 aromatic heterocycles. The smallest absolute Gasteiger partial charge is 0.0262 e. The van der Waals surface area contributed by atoms with Crippen LogP contribution in [-0.2, 0) is 0 Å². The Labute approximate surface area is 75.1 Å². The summed E-state index contributed by atoms with van der Waals surface area (Å²) in [6, 6.07) is 0. The van der Waals surface area contributed by atoms with Gasteiger partial charge in [0.05, 0.1) is 0 Å². The lowest BCUT2D eigenvalue weighted by Crippen LogP contribution is -2.30. The van der Waals surface area contributed by atoms with Crippen molar-refractivity contribution in [2.45, 2.75) is 38.5 Å². The first-order valence-electron chi connectivity index (χ1n) is 4.98. The second kappa shape index (κ2) is 2.98. The molecular formula is C12H16. The fourth-order valence-corrected chi connectivity index (χ4v) is 2.77. The lowest BCUT2D eigenvalue weighted by Gasteiger charge is -2.38. The average molecular weight is 160 g/mol. The van der Waals surface area contributed by atoms with Crippen LogP contribution in [0.2, 0.25) is 0 Å². The Kier molecular flexibility index (Phi) is 1.97. The number of terminal acetylenes is 1. The first-order valence-corrected chi connectivity index (χ1v) is 4.98. The second-order valence-corrected chi connectivity index (χ2v) is 4.21. The minimum atomic E-state index is 0.493. The minimum Gasteiger partial charge on any atom is -0.120 e. The van der Waals surface area contributed by atoms with E-state index in [1.165, 1.54) is 38.5 Å².